The number of carbonyl (C=O) groups excluding carboxylic acids is 2. The molecule has 1 amide bonds. The smallest absolute Gasteiger partial charge is 0.357 e. The second-order valence-corrected chi connectivity index (χ2v) is 7.35. The Kier molecular flexibility index (Phi) is 6.02. The molecular weight excluding hydrogens is 392 g/mol. The Balaban J connectivity index is 1.76. The highest BCUT2D eigenvalue weighted by Gasteiger charge is 2.19. The van der Waals surface area contributed by atoms with Crippen molar-refractivity contribution in [3.05, 3.63) is 45.5 Å². The number of hydrogen-bond donors (Lipinski definition) is 1. The third-order valence-electron chi connectivity index (χ3n) is 4.17. The van der Waals surface area contributed by atoms with Crippen LogP contribution >= 0.6 is 11.3 Å². The number of thiazole rings is 1. The summed E-state index contributed by atoms with van der Waals surface area (Å²) in [7, 11) is 0. The molecule has 10 heteroatoms. The van der Waals surface area contributed by atoms with Gasteiger partial charge in [-0.2, -0.15) is 5.10 Å². The van der Waals surface area contributed by atoms with Gasteiger partial charge in [0, 0.05) is 28.0 Å². The largest absolute Gasteiger partial charge is 0.461 e. The molecular formula is C19H22N6O3S. The summed E-state index contributed by atoms with van der Waals surface area (Å²) in [6, 6.07) is 1.89. The number of carbonyl (C=O) groups is 2. The first kappa shape index (κ1) is 20.6. The van der Waals surface area contributed by atoms with Crippen LogP contribution in [-0.2, 0) is 16.0 Å². The Hall–Kier alpha value is -3.14. The number of amides is 1. The van der Waals surface area contributed by atoms with Crippen LogP contribution < -0.4 is 5.32 Å². The zero-order valence-corrected chi connectivity index (χ0v) is 17.8. The summed E-state index contributed by atoms with van der Waals surface area (Å²) in [4.78, 5) is 37.2. The van der Waals surface area contributed by atoms with Crippen LogP contribution in [0, 0.1) is 27.7 Å². The fraction of sp³-hybridized carbons (Fsp3) is 0.368. The predicted octanol–water partition coefficient (Wildman–Crippen LogP) is 2.71. The second kappa shape index (κ2) is 8.48. The molecule has 152 valence electrons. The van der Waals surface area contributed by atoms with Crippen LogP contribution in [0.5, 0.6) is 0 Å². The van der Waals surface area contributed by atoms with Crippen molar-refractivity contribution in [3.8, 4) is 5.95 Å². The van der Waals surface area contributed by atoms with Gasteiger partial charge in [0.15, 0.2) is 10.8 Å². The molecule has 0 spiro atoms. The van der Waals surface area contributed by atoms with E-state index >= 15 is 0 Å². The van der Waals surface area contributed by atoms with E-state index in [1.54, 1.807) is 17.0 Å². The maximum absolute atomic E-state index is 12.5. The fourth-order valence-corrected chi connectivity index (χ4v) is 3.58. The topological polar surface area (TPSA) is 112 Å². The Morgan fingerprint density at radius 1 is 1.14 bits per heavy atom. The predicted molar refractivity (Wildman–Crippen MR) is 109 cm³/mol. The minimum atomic E-state index is -0.509. The number of rotatable bonds is 6. The molecule has 9 nitrogen and oxygen atoms in total. The molecule has 0 aliphatic heterocycles. The lowest BCUT2D eigenvalue weighted by Gasteiger charge is -2.06. The number of esters is 1. The van der Waals surface area contributed by atoms with Gasteiger partial charge < -0.3 is 10.1 Å². The molecule has 0 saturated heterocycles. The number of hydrogen-bond acceptors (Lipinski definition) is 8. The highest BCUT2D eigenvalue weighted by molar-refractivity contribution is 7.14. The van der Waals surface area contributed by atoms with Gasteiger partial charge >= 0.3 is 5.97 Å². The van der Waals surface area contributed by atoms with Crippen molar-refractivity contribution < 1.29 is 14.3 Å². The van der Waals surface area contributed by atoms with Gasteiger partial charge in [0.25, 0.3) is 5.95 Å². The van der Waals surface area contributed by atoms with E-state index in [1.807, 2.05) is 33.8 Å². The van der Waals surface area contributed by atoms with Gasteiger partial charge in [0.1, 0.15) is 0 Å². The first-order chi connectivity index (χ1) is 13.8. The van der Waals surface area contributed by atoms with Crippen LogP contribution in [0.3, 0.4) is 0 Å². The lowest BCUT2D eigenvalue weighted by molar-refractivity contribution is -0.115. The third-order valence-corrected chi connectivity index (χ3v) is 4.93. The number of aromatic nitrogens is 5. The van der Waals surface area contributed by atoms with Gasteiger partial charge in [-0.05, 0) is 40.7 Å². The van der Waals surface area contributed by atoms with E-state index in [4.69, 9.17) is 4.74 Å². The maximum Gasteiger partial charge on any atom is 0.357 e. The zero-order chi connectivity index (χ0) is 21.1. The van der Waals surface area contributed by atoms with E-state index in [0.717, 1.165) is 28.3 Å². The number of nitrogens with one attached hydrogen (secondary N) is 1. The van der Waals surface area contributed by atoms with Crippen LogP contribution in [0.4, 0.5) is 5.13 Å². The Morgan fingerprint density at radius 2 is 1.83 bits per heavy atom. The SMILES string of the molecule is CCOC(=O)c1csc(NC(=O)Cc2c(C)nn(-c3nc(C)cc(C)n3)c2C)n1. The fourth-order valence-electron chi connectivity index (χ4n) is 2.88. The van der Waals surface area contributed by atoms with Gasteiger partial charge in [-0.1, -0.05) is 0 Å². The van der Waals surface area contributed by atoms with Gasteiger partial charge in [-0.25, -0.2) is 24.4 Å². The summed E-state index contributed by atoms with van der Waals surface area (Å²) in [5, 5.41) is 9.13. The second-order valence-electron chi connectivity index (χ2n) is 6.50. The van der Waals surface area contributed by atoms with Crippen molar-refractivity contribution in [1.82, 2.24) is 24.7 Å². The lowest BCUT2D eigenvalue weighted by atomic mass is 10.1. The molecule has 0 bridgehead atoms. The summed E-state index contributed by atoms with van der Waals surface area (Å²) >= 11 is 1.17. The summed E-state index contributed by atoms with van der Waals surface area (Å²) in [5.74, 6) is -0.277. The van der Waals surface area contributed by atoms with Crippen molar-refractivity contribution in [2.24, 2.45) is 0 Å². The highest BCUT2D eigenvalue weighted by atomic mass is 32.1. The summed E-state index contributed by atoms with van der Waals surface area (Å²) in [5.41, 5.74) is 4.20. The molecule has 0 fully saturated rings. The van der Waals surface area contributed by atoms with Crippen LogP contribution in [0.2, 0.25) is 0 Å². The Bertz CT molecular complexity index is 1050. The standard InChI is InChI=1S/C19H22N6O3S/c1-6-28-17(27)15-9-29-19(22-15)23-16(26)8-14-12(4)24-25(13(14)5)18-20-10(2)7-11(3)21-18/h7,9H,6,8H2,1-5H3,(H,22,23,26). The van der Waals surface area contributed by atoms with Gasteiger partial charge in [-0.15, -0.1) is 11.3 Å². The molecule has 0 saturated carbocycles. The van der Waals surface area contributed by atoms with E-state index in [1.165, 1.54) is 11.3 Å². The van der Waals surface area contributed by atoms with Gasteiger partial charge in [-0.3, -0.25) is 4.79 Å². The van der Waals surface area contributed by atoms with Crippen molar-refractivity contribution in [2.45, 2.75) is 41.0 Å². The number of aryl methyl sites for hydroxylation is 3. The summed E-state index contributed by atoms with van der Waals surface area (Å²) in [6.07, 6.45) is 0.122. The zero-order valence-electron chi connectivity index (χ0n) is 16.9. The molecule has 3 aromatic rings. The van der Waals surface area contributed by atoms with Crippen molar-refractivity contribution in [3.63, 3.8) is 0 Å². The minimum absolute atomic E-state index is 0.122. The third kappa shape index (κ3) is 4.65. The molecule has 0 atom stereocenters. The molecule has 0 aliphatic rings. The number of anilines is 1. The molecule has 3 aromatic heterocycles. The van der Waals surface area contributed by atoms with Crippen LogP contribution in [0.15, 0.2) is 11.4 Å². The molecule has 0 aliphatic carbocycles. The molecule has 0 unspecified atom stereocenters. The van der Waals surface area contributed by atoms with Crippen molar-refractivity contribution in [2.75, 3.05) is 11.9 Å². The number of nitrogens with zero attached hydrogens (tertiary/aromatic N) is 5. The van der Waals surface area contributed by atoms with Crippen molar-refractivity contribution in [1.29, 1.82) is 0 Å². The average Bonchev–Trinajstić information content (AvgIpc) is 3.21. The van der Waals surface area contributed by atoms with Crippen LogP contribution in [-0.4, -0.2) is 43.2 Å². The van der Waals surface area contributed by atoms with E-state index in [2.05, 4.69) is 25.4 Å². The van der Waals surface area contributed by atoms with E-state index in [-0.39, 0.29) is 24.6 Å². The highest BCUT2D eigenvalue weighted by Crippen LogP contribution is 2.20. The van der Waals surface area contributed by atoms with Gasteiger partial charge in [0.2, 0.25) is 5.91 Å². The van der Waals surface area contributed by atoms with E-state index in [0.29, 0.717) is 11.1 Å². The number of ether oxygens (including phenoxy) is 1. The molecule has 1 N–H and O–H groups in total. The normalized spacial score (nSPS) is 10.8. The van der Waals surface area contributed by atoms with E-state index < -0.39 is 5.97 Å². The summed E-state index contributed by atoms with van der Waals surface area (Å²) < 4.78 is 6.56. The van der Waals surface area contributed by atoms with Crippen LogP contribution in [0.1, 0.15) is 45.8 Å². The molecule has 29 heavy (non-hydrogen) atoms. The molecule has 0 radical (unpaired) electrons. The first-order valence-corrected chi connectivity index (χ1v) is 9.96. The average molecular weight is 414 g/mol. The lowest BCUT2D eigenvalue weighted by Crippen LogP contribution is -2.16. The summed E-state index contributed by atoms with van der Waals surface area (Å²) in [6.45, 7) is 9.52. The monoisotopic (exact) mass is 414 g/mol. The first-order valence-electron chi connectivity index (χ1n) is 9.08. The molecule has 3 heterocycles. The molecule has 0 aromatic carbocycles. The molecule has 3 rings (SSSR count). The Labute approximate surface area is 172 Å². The Morgan fingerprint density at radius 3 is 2.48 bits per heavy atom. The van der Waals surface area contributed by atoms with Gasteiger partial charge in [0.05, 0.1) is 18.7 Å². The van der Waals surface area contributed by atoms with Crippen molar-refractivity contribution >= 4 is 28.3 Å². The van der Waals surface area contributed by atoms with E-state index in [9.17, 15) is 9.59 Å². The van der Waals surface area contributed by atoms with Crippen LogP contribution in [0.25, 0.3) is 5.95 Å². The maximum atomic E-state index is 12.5. The minimum Gasteiger partial charge on any atom is -0.461 e. The quantitative estimate of drug-likeness (QED) is 0.617.